The van der Waals surface area contributed by atoms with Crippen LogP contribution in [-0.2, 0) is 6.42 Å². The molecule has 20 heavy (non-hydrogen) atoms. The molecule has 0 bridgehead atoms. The van der Waals surface area contributed by atoms with Crippen LogP contribution in [0.4, 0.5) is 0 Å². The van der Waals surface area contributed by atoms with Gasteiger partial charge in [-0.25, -0.2) is 0 Å². The van der Waals surface area contributed by atoms with Gasteiger partial charge in [0.2, 0.25) is 0 Å². The van der Waals surface area contributed by atoms with E-state index in [9.17, 15) is 5.11 Å². The van der Waals surface area contributed by atoms with Crippen LogP contribution in [0.25, 0.3) is 0 Å². The molecule has 0 aliphatic heterocycles. The summed E-state index contributed by atoms with van der Waals surface area (Å²) in [7, 11) is 1.62. The molecule has 2 nitrogen and oxygen atoms in total. The molecule has 0 amide bonds. The molecule has 0 aromatic heterocycles. The lowest BCUT2D eigenvalue weighted by atomic mass is 10.0. The summed E-state index contributed by atoms with van der Waals surface area (Å²) in [4.78, 5) is 0. The average molecular weight is 376 g/mol. The number of halogens is 3. The molecule has 0 saturated heterocycles. The summed E-state index contributed by atoms with van der Waals surface area (Å²) in [5, 5.41) is 11.2. The summed E-state index contributed by atoms with van der Waals surface area (Å²) in [6.45, 7) is 0. The maximum atomic E-state index is 10.3. The van der Waals surface area contributed by atoms with Crippen molar-refractivity contribution in [1.29, 1.82) is 0 Å². The summed E-state index contributed by atoms with van der Waals surface area (Å²) >= 11 is 15.3. The molecule has 0 aliphatic carbocycles. The Balaban J connectivity index is 2.16. The van der Waals surface area contributed by atoms with Crippen molar-refractivity contribution >= 4 is 39.1 Å². The van der Waals surface area contributed by atoms with Gasteiger partial charge in [-0.1, -0.05) is 35.3 Å². The van der Waals surface area contributed by atoms with Crippen molar-refractivity contribution in [2.24, 2.45) is 0 Å². The van der Waals surface area contributed by atoms with Gasteiger partial charge in [-0.05, 0) is 51.3 Å². The van der Waals surface area contributed by atoms with Crippen molar-refractivity contribution in [3.05, 3.63) is 62.0 Å². The normalized spacial score (nSPS) is 12.2. The maximum absolute atomic E-state index is 10.3. The van der Waals surface area contributed by atoms with Crippen LogP contribution in [0.5, 0.6) is 5.75 Å². The van der Waals surface area contributed by atoms with Gasteiger partial charge in [0, 0.05) is 6.42 Å². The predicted octanol–water partition coefficient (Wildman–Crippen LogP) is 5.04. The highest BCUT2D eigenvalue weighted by atomic mass is 79.9. The topological polar surface area (TPSA) is 29.5 Å². The van der Waals surface area contributed by atoms with Crippen LogP contribution in [0.2, 0.25) is 10.0 Å². The second kappa shape index (κ2) is 6.81. The Kier molecular flexibility index (Phi) is 5.33. The first-order valence-electron chi connectivity index (χ1n) is 5.96. The minimum atomic E-state index is -0.634. The highest BCUT2D eigenvalue weighted by Crippen LogP contribution is 2.30. The number of hydrogen-bond acceptors (Lipinski definition) is 2. The van der Waals surface area contributed by atoms with Gasteiger partial charge in [0.25, 0.3) is 0 Å². The summed E-state index contributed by atoms with van der Waals surface area (Å²) in [6.07, 6.45) is -0.148. The van der Waals surface area contributed by atoms with Crippen LogP contribution >= 0.6 is 39.1 Å². The molecule has 1 unspecified atom stereocenters. The first kappa shape index (κ1) is 15.6. The molecule has 5 heteroatoms. The Hall–Kier alpha value is -0.740. The molecule has 106 valence electrons. The van der Waals surface area contributed by atoms with Gasteiger partial charge in [0.05, 0.1) is 27.7 Å². The van der Waals surface area contributed by atoms with Crippen molar-refractivity contribution in [1.82, 2.24) is 0 Å². The zero-order valence-electron chi connectivity index (χ0n) is 10.7. The zero-order chi connectivity index (χ0) is 14.7. The zero-order valence-corrected chi connectivity index (χ0v) is 13.8. The third-order valence-corrected chi connectivity index (χ3v) is 4.33. The van der Waals surface area contributed by atoms with E-state index in [2.05, 4.69) is 15.9 Å². The molecule has 1 atom stereocenters. The minimum absolute atomic E-state index is 0.444. The lowest BCUT2D eigenvalue weighted by Crippen LogP contribution is -2.02. The van der Waals surface area contributed by atoms with E-state index in [0.29, 0.717) is 16.5 Å². The van der Waals surface area contributed by atoms with Gasteiger partial charge >= 0.3 is 0 Å². The average Bonchev–Trinajstić information content (AvgIpc) is 2.42. The Labute approximate surface area is 136 Å². The van der Waals surface area contributed by atoms with Crippen molar-refractivity contribution in [2.75, 3.05) is 7.11 Å². The standard InChI is InChI=1S/C15H13BrCl2O2/c1-20-15-5-2-9(6-11(15)16)7-14(19)10-3-4-12(17)13(18)8-10/h2-6,8,14,19H,7H2,1H3. The molecular weight excluding hydrogens is 363 g/mol. The molecule has 2 aromatic carbocycles. The van der Waals surface area contributed by atoms with E-state index >= 15 is 0 Å². The number of methoxy groups -OCH3 is 1. The van der Waals surface area contributed by atoms with Gasteiger partial charge < -0.3 is 9.84 Å². The van der Waals surface area contributed by atoms with Crippen LogP contribution < -0.4 is 4.74 Å². The Morgan fingerprint density at radius 1 is 1.15 bits per heavy atom. The fraction of sp³-hybridized carbons (Fsp3) is 0.200. The fourth-order valence-electron chi connectivity index (χ4n) is 1.90. The molecule has 2 rings (SSSR count). The molecular formula is C15H13BrCl2O2. The van der Waals surface area contributed by atoms with Crippen LogP contribution in [-0.4, -0.2) is 12.2 Å². The van der Waals surface area contributed by atoms with E-state index < -0.39 is 6.10 Å². The number of rotatable bonds is 4. The Morgan fingerprint density at radius 3 is 2.50 bits per heavy atom. The Bertz CT molecular complexity index is 617. The second-order valence-corrected chi connectivity index (χ2v) is 6.03. The molecule has 1 N–H and O–H groups in total. The molecule has 0 fully saturated rings. The number of aliphatic hydroxyl groups excluding tert-OH is 1. The first-order chi connectivity index (χ1) is 9.51. The maximum Gasteiger partial charge on any atom is 0.133 e. The molecule has 0 saturated carbocycles. The van der Waals surface area contributed by atoms with E-state index in [1.54, 1.807) is 25.3 Å². The van der Waals surface area contributed by atoms with Crippen LogP contribution in [0.3, 0.4) is 0 Å². The van der Waals surface area contributed by atoms with Crippen LogP contribution in [0.1, 0.15) is 17.2 Å². The van der Waals surface area contributed by atoms with Gasteiger partial charge in [-0.3, -0.25) is 0 Å². The van der Waals surface area contributed by atoms with E-state index in [1.807, 2.05) is 18.2 Å². The van der Waals surface area contributed by atoms with E-state index in [4.69, 9.17) is 27.9 Å². The summed E-state index contributed by atoms with van der Waals surface area (Å²) in [5.74, 6) is 0.762. The second-order valence-electron chi connectivity index (χ2n) is 4.36. The van der Waals surface area contributed by atoms with Crippen LogP contribution in [0, 0.1) is 0 Å². The SMILES string of the molecule is COc1ccc(CC(O)c2ccc(Cl)c(Cl)c2)cc1Br. The summed E-state index contributed by atoms with van der Waals surface area (Å²) in [6, 6.07) is 10.9. The van der Waals surface area contributed by atoms with E-state index in [0.717, 1.165) is 21.3 Å². The third-order valence-electron chi connectivity index (χ3n) is 2.97. The predicted molar refractivity (Wildman–Crippen MR) is 85.8 cm³/mol. The Morgan fingerprint density at radius 2 is 1.90 bits per heavy atom. The van der Waals surface area contributed by atoms with E-state index in [-0.39, 0.29) is 0 Å². The molecule has 0 aliphatic rings. The largest absolute Gasteiger partial charge is 0.496 e. The molecule has 0 heterocycles. The lowest BCUT2D eigenvalue weighted by molar-refractivity contribution is 0.178. The monoisotopic (exact) mass is 374 g/mol. The smallest absolute Gasteiger partial charge is 0.133 e. The van der Waals surface area contributed by atoms with Gasteiger partial charge in [-0.2, -0.15) is 0 Å². The minimum Gasteiger partial charge on any atom is -0.496 e. The van der Waals surface area contributed by atoms with Crippen molar-refractivity contribution < 1.29 is 9.84 Å². The van der Waals surface area contributed by atoms with Gasteiger partial charge in [0.1, 0.15) is 5.75 Å². The summed E-state index contributed by atoms with van der Waals surface area (Å²) < 4.78 is 6.04. The fourth-order valence-corrected chi connectivity index (χ4v) is 2.79. The molecule has 0 spiro atoms. The van der Waals surface area contributed by atoms with Gasteiger partial charge in [-0.15, -0.1) is 0 Å². The highest BCUT2D eigenvalue weighted by molar-refractivity contribution is 9.10. The van der Waals surface area contributed by atoms with Crippen molar-refractivity contribution in [3.8, 4) is 5.75 Å². The number of aliphatic hydroxyl groups is 1. The van der Waals surface area contributed by atoms with Crippen molar-refractivity contribution in [2.45, 2.75) is 12.5 Å². The number of ether oxygens (including phenoxy) is 1. The first-order valence-corrected chi connectivity index (χ1v) is 7.51. The molecule has 2 aromatic rings. The van der Waals surface area contributed by atoms with Gasteiger partial charge in [0.15, 0.2) is 0 Å². The quantitative estimate of drug-likeness (QED) is 0.810. The highest BCUT2D eigenvalue weighted by Gasteiger charge is 2.11. The summed E-state index contributed by atoms with van der Waals surface area (Å²) in [5.41, 5.74) is 1.74. The third kappa shape index (κ3) is 3.67. The number of benzene rings is 2. The van der Waals surface area contributed by atoms with Crippen molar-refractivity contribution in [3.63, 3.8) is 0 Å². The van der Waals surface area contributed by atoms with E-state index in [1.165, 1.54) is 0 Å². The number of hydrogen-bond donors (Lipinski definition) is 1. The lowest BCUT2D eigenvalue weighted by Gasteiger charge is -2.13. The van der Waals surface area contributed by atoms with Crippen LogP contribution in [0.15, 0.2) is 40.9 Å². The molecule has 0 radical (unpaired) electrons.